The van der Waals surface area contributed by atoms with Gasteiger partial charge in [0.15, 0.2) is 0 Å². The quantitative estimate of drug-likeness (QED) is 0.695. The first-order valence-electron chi connectivity index (χ1n) is 6.00. The molecule has 2 rings (SSSR count). The number of amides is 1. The molecule has 0 spiro atoms. The highest BCUT2D eigenvalue weighted by Crippen LogP contribution is 2.34. The summed E-state index contributed by atoms with van der Waals surface area (Å²) >= 11 is 0. The van der Waals surface area contributed by atoms with Crippen LogP contribution in [-0.2, 0) is 0 Å². The lowest BCUT2D eigenvalue weighted by Gasteiger charge is -2.16. The number of carbonyl (C=O) groups excluding carboxylic acids is 1. The van der Waals surface area contributed by atoms with Gasteiger partial charge in [0, 0.05) is 18.7 Å². The van der Waals surface area contributed by atoms with Crippen molar-refractivity contribution < 1.29 is 4.79 Å². The molecule has 1 saturated carbocycles. The minimum absolute atomic E-state index is 0.0906. The molecule has 1 amide bonds. The van der Waals surface area contributed by atoms with E-state index < -0.39 is 0 Å². The largest absolute Gasteiger partial charge is 0.397 e. The van der Waals surface area contributed by atoms with E-state index in [-0.39, 0.29) is 5.91 Å². The summed E-state index contributed by atoms with van der Waals surface area (Å²) in [5, 5.41) is 6.00. The van der Waals surface area contributed by atoms with Gasteiger partial charge in [-0.25, -0.2) is 0 Å². The second kappa shape index (κ2) is 4.65. The summed E-state index contributed by atoms with van der Waals surface area (Å²) in [6, 6.07) is 5.73. The second-order valence-electron chi connectivity index (χ2n) is 4.65. The highest BCUT2D eigenvalue weighted by molar-refractivity contribution is 5.96. The number of nitrogens with two attached hydrogens (primary N) is 1. The molecule has 17 heavy (non-hydrogen) atoms. The molecule has 0 radical (unpaired) electrons. The standard InChI is InChI=1S/C13H19N3O/c1-8(9-3-4-9)16-12-7-10(13(17)15-2)5-6-11(12)14/h5-9,16H,3-4,14H2,1-2H3,(H,15,17). The van der Waals surface area contributed by atoms with Crippen LogP contribution in [0, 0.1) is 5.92 Å². The smallest absolute Gasteiger partial charge is 0.251 e. The van der Waals surface area contributed by atoms with Gasteiger partial charge in [-0.15, -0.1) is 0 Å². The topological polar surface area (TPSA) is 67.2 Å². The Bertz CT molecular complexity index is 427. The molecule has 92 valence electrons. The predicted molar refractivity (Wildman–Crippen MR) is 70.1 cm³/mol. The van der Waals surface area contributed by atoms with E-state index in [1.54, 1.807) is 19.2 Å². The summed E-state index contributed by atoms with van der Waals surface area (Å²) in [6.45, 7) is 2.16. The van der Waals surface area contributed by atoms with Crippen molar-refractivity contribution in [3.05, 3.63) is 23.8 Å². The minimum Gasteiger partial charge on any atom is -0.397 e. The lowest BCUT2D eigenvalue weighted by molar-refractivity contribution is 0.0963. The van der Waals surface area contributed by atoms with Gasteiger partial charge in [0.25, 0.3) is 5.91 Å². The summed E-state index contributed by atoms with van der Waals surface area (Å²) in [4.78, 5) is 11.5. The number of rotatable bonds is 4. The molecule has 0 aromatic heterocycles. The van der Waals surface area contributed by atoms with Gasteiger partial charge in [0.2, 0.25) is 0 Å². The van der Waals surface area contributed by atoms with E-state index in [9.17, 15) is 4.79 Å². The predicted octanol–water partition coefficient (Wildman–Crippen LogP) is 1.84. The number of benzene rings is 1. The molecule has 0 bridgehead atoms. The van der Waals surface area contributed by atoms with Crippen LogP contribution in [0.5, 0.6) is 0 Å². The van der Waals surface area contributed by atoms with Gasteiger partial charge in [-0.05, 0) is 43.9 Å². The van der Waals surface area contributed by atoms with Gasteiger partial charge < -0.3 is 16.4 Å². The van der Waals surface area contributed by atoms with Crippen LogP contribution in [0.1, 0.15) is 30.1 Å². The maximum Gasteiger partial charge on any atom is 0.251 e. The Hall–Kier alpha value is -1.71. The van der Waals surface area contributed by atoms with Crippen LogP contribution < -0.4 is 16.4 Å². The maximum atomic E-state index is 11.5. The average Bonchev–Trinajstić information content (AvgIpc) is 3.14. The zero-order chi connectivity index (χ0) is 12.4. The van der Waals surface area contributed by atoms with Crippen molar-refractivity contribution in [3.63, 3.8) is 0 Å². The molecular weight excluding hydrogens is 214 g/mol. The van der Waals surface area contributed by atoms with Crippen molar-refractivity contribution in [1.82, 2.24) is 5.32 Å². The van der Waals surface area contributed by atoms with Gasteiger partial charge in [-0.1, -0.05) is 0 Å². The number of nitrogens with one attached hydrogen (secondary N) is 2. The molecule has 4 nitrogen and oxygen atoms in total. The highest BCUT2D eigenvalue weighted by atomic mass is 16.1. The zero-order valence-electron chi connectivity index (χ0n) is 10.3. The number of anilines is 2. The number of hydrogen-bond acceptors (Lipinski definition) is 3. The van der Waals surface area contributed by atoms with Crippen molar-refractivity contribution in [3.8, 4) is 0 Å². The number of hydrogen-bond donors (Lipinski definition) is 3. The monoisotopic (exact) mass is 233 g/mol. The fraction of sp³-hybridized carbons (Fsp3) is 0.462. The average molecular weight is 233 g/mol. The third-order valence-corrected chi connectivity index (χ3v) is 3.25. The molecule has 1 atom stereocenters. The van der Waals surface area contributed by atoms with E-state index in [1.807, 2.05) is 6.07 Å². The van der Waals surface area contributed by atoms with Gasteiger partial charge in [-0.2, -0.15) is 0 Å². The first-order chi connectivity index (χ1) is 8.11. The molecule has 0 saturated heterocycles. The van der Waals surface area contributed by atoms with Crippen LogP contribution >= 0.6 is 0 Å². The molecule has 0 heterocycles. The third kappa shape index (κ3) is 2.70. The number of carbonyl (C=O) groups is 1. The SMILES string of the molecule is CNC(=O)c1ccc(N)c(NC(C)C2CC2)c1. The molecule has 1 aromatic rings. The molecule has 0 aliphatic heterocycles. The van der Waals surface area contributed by atoms with Crippen LogP contribution in [0.25, 0.3) is 0 Å². The minimum atomic E-state index is -0.0906. The van der Waals surface area contributed by atoms with Crippen molar-refractivity contribution in [1.29, 1.82) is 0 Å². The Morgan fingerprint density at radius 3 is 2.76 bits per heavy atom. The van der Waals surface area contributed by atoms with Crippen LogP contribution in [0.2, 0.25) is 0 Å². The fourth-order valence-corrected chi connectivity index (χ4v) is 1.93. The van der Waals surface area contributed by atoms with E-state index in [1.165, 1.54) is 12.8 Å². The van der Waals surface area contributed by atoms with E-state index in [4.69, 9.17) is 5.73 Å². The van der Waals surface area contributed by atoms with Crippen molar-refractivity contribution in [2.45, 2.75) is 25.8 Å². The molecule has 4 N–H and O–H groups in total. The van der Waals surface area contributed by atoms with Crippen molar-refractivity contribution in [2.75, 3.05) is 18.1 Å². The molecule has 1 fully saturated rings. The lowest BCUT2D eigenvalue weighted by Crippen LogP contribution is -2.20. The van der Waals surface area contributed by atoms with Crippen LogP contribution in [-0.4, -0.2) is 19.0 Å². The lowest BCUT2D eigenvalue weighted by atomic mass is 10.1. The Kier molecular flexibility index (Phi) is 3.22. The van der Waals surface area contributed by atoms with E-state index in [0.717, 1.165) is 11.6 Å². The van der Waals surface area contributed by atoms with Crippen LogP contribution in [0.15, 0.2) is 18.2 Å². The molecule has 1 unspecified atom stereocenters. The Labute approximate surface area is 102 Å². The fourth-order valence-electron chi connectivity index (χ4n) is 1.93. The highest BCUT2D eigenvalue weighted by Gasteiger charge is 2.28. The normalized spacial score (nSPS) is 16.4. The zero-order valence-corrected chi connectivity index (χ0v) is 10.3. The Morgan fingerprint density at radius 1 is 1.47 bits per heavy atom. The molecule has 1 aliphatic carbocycles. The summed E-state index contributed by atoms with van der Waals surface area (Å²) < 4.78 is 0. The van der Waals surface area contributed by atoms with Gasteiger partial charge in [0.1, 0.15) is 0 Å². The summed E-state index contributed by atoms with van der Waals surface area (Å²) in [5.41, 5.74) is 8.07. The van der Waals surface area contributed by atoms with Crippen molar-refractivity contribution in [2.24, 2.45) is 5.92 Å². The first kappa shape index (κ1) is 11.8. The van der Waals surface area contributed by atoms with Crippen LogP contribution in [0.4, 0.5) is 11.4 Å². The summed E-state index contributed by atoms with van der Waals surface area (Å²) in [5.74, 6) is 0.658. The molecule has 4 heteroatoms. The summed E-state index contributed by atoms with van der Waals surface area (Å²) in [7, 11) is 1.62. The van der Waals surface area contributed by atoms with Gasteiger partial charge >= 0.3 is 0 Å². The summed E-state index contributed by atoms with van der Waals surface area (Å²) in [6.07, 6.45) is 2.56. The maximum absolute atomic E-state index is 11.5. The molecular formula is C13H19N3O. The third-order valence-electron chi connectivity index (χ3n) is 3.25. The second-order valence-corrected chi connectivity index (χ2v) is 4.65. The Morgan fingerprint density at radius 2 is 2.18 bits per heavy atom. The first-order valence-corrected chi connectivity index (χ1v) is 6.00. The van der Waals surface area contributed by atoms with E-state index >= 15 is 0 Å². The van der Waals surface area contributed by atoms with E-state index in [2.05, 4.69) is 17.6 Å². The van der Waals surface area contributed by atoms with E-state index in [0.29, 0.717) is 17.3 Å². The van der Waals surface area contributed by atoms with Crippen LogP contribution in [0.3, 0.4) is 0 Å². The van der Waals surface area contributed by atoms with Gasteiger partial charge in [0.05, 0.1) is 11.4 Å². The molecule has 1 aliphatic rings. The van der Waals surface area contributed by atoms with Gasteiger partial charge in [-0.3, -0.25) is 4.79 Å². The Balaban J connectivity index is 2.16. The van der Waals surface area contributed by atoms with Crippen molar-refractivity contribution >= 4 is 17.3 Å². The number of nitrogen functional groups attached to an aromatic ring is 1. The molecule has 1 aromatic carbocycles.